The second-order valence-electron chi connectivity index (χ2n) is 4.73. The van der Waals surface area contributed by atoms with Crippen molar-refractivity contribution < 1.29 is 19.4 Å². The van der Waals surface area contributed by atoms with Gasteiger partial charge in [0.15, 0.2) is 0 Å². The van der Waals surface area contributed by atoms with Gasteiger partial charge in [0, 0.05) is 10.8 Å². The lowest BCUT2D eigenvalue weighted by atomic mass is 9.96. The highest BCUT2D eigenvalue weighted by molar-refractivity contribution is 6.16. The molecule has 4 heteroatoms. The van der Waals surface area contributed by atoms with Crippen molar-refractivity contribution in [3.05, 3.63) is 48.0 Å². The third-order valence-electron chi connectivity index (χ3n) is 3.58. The summed E-state index contributed by atoms with van der Waals surface area (Å²) in [5, 5.41) is 12.7. The maximum absolute atomic E-state index is 11.7. The van der Waals surface area contributed by atoms with E-state index in [0.717, 1.165) is 10.8 Å². The number of carbonyl (C=O) groups is 1. The fourth-order valence-electron chi connectivity index (χ4n) is 2.55. The highest BCUT2D eigenvalue weighted by Crippen LogP contribution is 2.33. The smallest absolute Gasteiger partial charge is 0.336 e. The number of hydrogen-bond donors (Lipinski definition) is 1. The Balaban J connectivity index is 2.48. The molecule has 1 N–H and O–H groups in total. The summed E-state index contributed by atoms with van der Waals surface area (Å²) in [5.74, 6) is 0.298. The maximum atomic E-state index is 11.7. The molecule has 0 heterocycles. The van der Waals surface area contributed by atoms with E-state index in [1.165, 1.54) is 0 Å². The summed E-state index contributed by atoms with van der Waals surface area (Å²) in [6, 6.07) is 12.8. The predicted molar refractivity (Wildman–Crippen MR) is 81.5 cm³/mol. The predicted octanol–water partition coefficient (Wildman–Crippen LogP) is 3.71. The van der Waals surface area contributed by atoms with E-state index in [2.05, 4.69) is 0 Å². The molecular formula is C17H14O4. The van der Waals surface area contributed by atoms with Crippen LogP contribution in [0.5, 0.6) is 11.5 Å². The number of aromatic carboxylic acids is 1. The quantitative estimate of drug-likeness (QED) is 0.744. The summed E-state index contributed by atoms with van der Waals surface area (Å²) in [7, 11) is 3.12. The van der Waals surface area contributed by atoms with E-state index in [0.29, 0.717) is 22.3 Å². The first kappa shape index (κ1) is 13.2. The van der Waals surface area contributed by atoms with Gasteiger partial charge in [-0.05, 0) is 41.1 Å². The summed E-state index contributed by atoms with van der Waals surface area (Å²) in [6.45, 7) is 0. The van der Waals surface area contributed by atoms with Gasteiger partial charge in [0.1, 0.15) is 11.5 Å². The average Bonchev–Trinajstić information content (AvgIpc) is 2.51. The fourth-order valence-corrected chi connectivity index (χ4v) is 2.55. The van der Waals surface area contributed by atoms with Gasteiger partial charge in [0.05, 0.1) is 19.8 Å². The van der Waals surface area contributed by atoms with Crippen LogP contribution in [0.3, 0.4) is 0 Å². The normalized spacial score (nSPS) is 10.8. The Morgan fingerprint density at radius 2 is 1.33 bits per heavy atom. The molecule has 0 spiro atoms. The minimum absolute atomic E-state index is 0.264. The number of carboxylic acid groups (broad SMARTS) is 1. The van der Waals surface area contributed by atoms with Crippen molar-refractivity contribution in [3.63, 3.8) is 0 Å². The molecule has 21 heavy (non-hydrogen) atoms. The second kappa shape index (κ2) is 4.98. The van der Waals surface area contributed by atoms with Gasteiger partial charge in [-0.3, -0.25) is 0 Å². The van der Waals surface area contributed by atoms with Crippen molar-refractivity contribution in [1.82, 2.24) is 0 Å². The van der Waals surface area contributed by atoms with Crippen LogP contribution in [-0.4, -0.2) is 25.3 Å². The molecule has 0 bridgehead atoms. The van der Waals surface area contributed by atoms with Gasteiger partial charge in [-0.1, -0.05) is 12.1 Å². The van der Waals surface area contributed by atoms with E-state index in [4.69, 9.17) is 9.47 Å². The Hall–Kier alpha value is -2.75. The van der Waals surface area contributed by atoms with Crippen LogP contribution in [0, 0.1) is 0 Å². The van der Waals surface area contributed by atoms with E-state index in [1.54, 1.807) is 26.4 Å². The summed E-state index contributed by atoms with van der Waals surface area (Å²) < 4.78 is 10.4. The minimum atomic E-state index is -0.966. The Morgan fingerprint density at radius 1 is 0.857 bits per heavy atom. The first-order valence-corrected chi connectivity index (χ1v) is 6.46. The van der Waals surface area contributed by atoms with Crippen molar-refractivity contribution in [2.45, 2.75) is 0 Å². The fraction of sp³-hybridized carbons (Fsp3) is 0.118. The summed E-state index contributed by atoms with van der Waals surface area (Å²) in [5.41, 5.74) is 0.264. The number of benzene rings is 3. The Labute approximate surface area is 121 Å². The van der Waals surface area contributed by atoms with E-state index in [1.807, 2.05) is 30.3 Å². The standard InChI is InChI=1S/C17H14O4/c1-20-12-5-3-10-7-11-4-6-13(21-2)9-15(11)16(17(18)19)14(10)8-12/h3-9H,1-2H3,(H,18,19). The monoisotopic (exact) mass is 282 g/mol. The van der Waals surface area contributed by atoms with Crippen LogP contribution < -0.4 is 9.47 Å². The van der Waals surface area contributed by atoms with Crippen molar-refractivity contribution in [2.75, 3.05) is 14.2 Å². The van der Waals surface area contributed by atoms with Gasteiger partial charge >= 0.3 is 5.97 Å². The minimum Gasteiger partial charge on any atom is -0.497 e. The van der Waals surface area contributed by atoms with Gasteiger partial charge in [0.25, 0.3) is 0 Å². The number of carboxylic acids is 1. The molecule has 0 amide bonds. The molecule has 0 unspecified atom stereocenters. The second-order valence-corrected chi connectivity index (χ2v) is 4.73. The van der Waals surface area contributed by atoms with E-state index in [-0.39, 0.29) is 5.56 Å². The van der Waals surface area contributed by atoms with Gasteiger partial charge in [-0.15, -0.1) is 0 Å². The molecule has 0 radical (unpaired) electrons. The van der Waals surface area contributed by atoms with E-state index < -0.39 is 5.97 Å². The molecule has 0 aromatic heterocycles. The van der Waals surface area contributed by atoms with Gasteiger partial charge in [-0.25, -0.2) is 4.79 Å². The van der Waals surface area contributed by atoms with Gasteiger partial charge in [0.2, 0.25) is 0 Å². The molecule has 3 aromatic carbocycles. The molecule has 3 aromatic rings. The zero-order valence-electron chi connectivity index (χ0n) is 11.7. The topological polar surface area (TPSA) is 55.8 Å². The molecule has 0 aliphatic heterocycles. The first-order valence-electron chi connectivity index (χ1n) is 6.46. The Bertz CT molecular complexity index is 790. The zero-order chi connectivity index (χ0) is 15.0. The molecule has 0 saturated carbocycles. The van der Waals surface area contributed by atoms with Crippen LogP contribution in [0.15, 0.2) is 42.5 Å². The number of rotatable bonds is 3. The van der Waals surface area contributed by atoms with Crippen molar-refractivity contribution in [2.24, 2.45) is 0 Å². The van der Waals surface area contributed by atoms with Crippen LogP contribution in [-0.2, 0) is 0 Å². The Morgan fingerprint density at radius 3 is 1.71 bits per heavy atom. The zero-order valence-corrected chi connectivity index (χ0v) is 11.7. The van der Waals surface area contributed by atoms with Crippen LogP contribution in [0.4, 0.5) is 0 Å². The van der Waals surface area contributed by atoms with E-state index in [9.17, 15) is 9.90 Å². The Kier molecular flexibility index (Phi) is 3.14. The van der Waals surface area contributed by atoms with Crippen LogP contribution >= 0.6 is 0 Å². The molecule has 4 nitrogen and oxygen atoms in total. The SMILES string of the molecule is COc1ccc2cc3ccc(OC)cc3c(C(=O)O)c2c1. The van der Waals surface area contributed by atoms with Crippen molar-refractivity contribution in [3.8, 4) is 11.5 Å². The van der Waals surface area contributed by atoms with Crippen molar-refractivity contribution >= 4 is 27.5 Å². The maximum Gasteiger partial charge on any atom is 0.336 e. The number of ether oxygens (including phenoxy) is 2. The highest BCUT2D eigenvalue weighted by atomic mass is 16.5. The van der Waals surface area contributed by atoms with E-state index >= 15 is 0 Å². The van der Waals surface area contributed by atoms with Crippen LogP contribution in [0.2, 0.25) is 0 Å². The number of methoxy groups -OCH3 is 2. The lowest BCUT2D eigenvalue weighted by molar-refractivity contribution is 0.0701. The average molecular weight is 282 g/mol. The molecule has 3 rings (SSSR count). The lowest BCUT2D eigenvalue weighted by Gasteiger charge is -2.11. The van der Waals surface area contributed by atoms with Crippen molar-refractivity contribution in [1.29, 1.82) is 0 Å². The molecule has 0 fully saturated rings. The highest BCUT2D eigenvalue weighted by Gasteiger charge is 2.15. The largest absolute Gasteiger partial charge is 0.497 e. The third kappa shape index (κ3) is 2.14. The number of fused-ring (bicyclic) bond motifs is 2. The third-order valence-corrected chi connectivity index (χ3v) is 3.58. The van der Waals surface area contributed by atoms with Gasteiger partial charge < -0.3 is 14.6 Å². The van der Waals surface area contributed by atoms with Crippen LogP contribution in [0.1, 0.15) is 10.4 Å². The number of hydrogen-bond acceptors (Lipinski definition) is 3. The molecule has 0 aliphatic rings. The molecule has 0 saturated heterocycles. The van der Waals surface area contributed by atoms with Crippen LogP contribution in [0.25, 0.3) is 21.5 Å². The van der Waals surface area contributed by atoms with Gasteiger partial charge in [-0.2, -0.15) is 0 Å². The lowest BCUT2D eigenvalue weighted by Crippen LogP contribution is -2.00. The first-order chi connectivity index (χ1) is 10.1. The summed E-state index contributed by atoms with van der Waals surface area (Å²) in [6.07, 6.45) is 0. The molecule has 0 atom stereocenters. The summed E-state index contributed by atoms with van der Waals surface area (Å²) >= 11 is 0. The molecule has 0 aliphatic carbocycles. The molecular weight excluding hydrogens is 268 g/mol. The molecule has 106 valence electrons. The summed E-state index contributed by atoms with van der Waals surface area (Å²) in [4.78, 5) is 11.7.